The molecule has 0 saturated carbocycles. The summed E-state index contributed by atoms with van der Waals surface area (Å²) >= 11 is 0. The van der Waals surface area contributed by atoms with Crippen molar-refractivity contribution in [2.24, 2.45) is 0 Å². The Morgan fingerprint density at radius 1 is 1.19 bits per heavy atom. The maximum atomic E-state index is 12.8. The molecule has 2 unspecified atom stereocenters. The Kier molecular flexibility index (Phi) is 5.94. The number of hydrogen-bond acceptors (Lipinski definition) is 4. The van der Waals surface area contributed by atoms with Gasteiger partial charge in [0.15, 0.2) is 0 Å². The predicted molar refractivity (Wildman–Crippen MR) is 103 cm³/mol. The maximum Gasteiger partial charge on any atom is 0.254 e. The average Bonchev–Trinajstić information content (AvgIpc) is 2.68. The zero-order valence-electron chi connectivity index (χ0n) is 15.5. The van der Waals surface area contributed by atoms with Crippen molar-refractivity contribution in [3.8, 4) is 0 Å². The molecule has 27 heavy (non-hydrogen) atoms. The summed E-state index contributed by atoms with van der Waals surface area (Å²) < 4.78 is 33.6. The highest BCUT2D eigenvalue weighted by atomic mass is 32.2. The Labute approximate surface area is 160 Å². The van der Waals surface area contributed by atoms with Crippen molar-refractivity contribution < 1.29 is 17.9 Å². The fourth-order valence-corrected chi connectivity index (χ4v) is 4.38. The SMILES string of the molecule is CC(NS(=O)(=O)c1cccc(C(=O)N2CCOCC2C)c1)c1ccccc1. The smallest absolute Gasteiger partial charge is 0.254 e. The van der Waals surface area contributed by atoms with Gasteiger partial charge < -0.3 is 9.64 Å². The van der Waals surface area contributed by atoms with Crippen molar-refractivity contribution in [1.29, 1.82) is 0 Å². The molecule has 6 nitrogen and oxygen atoms in total. The van der Waals surface area contributed by atoms with E-state index in [-0.39, 0.29) is 22.9 Å². The van der Waals surface area contributed by atoms with Crippen LogP contribution in [0, 0.1) is 0 Å². The van der Waals surface area contributed by atoms with Crippen LogP contribution < -0.4 is 4.72 Å². The number of nitrogens with zero attached hydrogens (tertiary/aromatic N) is 1. The van der Waals surface area contributed by atoms with Crippen LogP contribution in [-0.2, 0) is 14.8 Å². The first kappa shape index (κ1) is 19.5. The van der Waals surface area contributed by atoms with Gasteiger partial charge in [-0.2, -0.15) is 0 Å². The second-order valence-corrected chi connectivity index (χ2v) is 8.42. The number of sulfonamides is 1. The molecular formula is C20H24N2O4S. The molecule has 1 aliphatic rings. The van der Waals surface area contributed by atoms with Crippen molar-refractivity contribution >= 4 is 15.9 Å². The van der Waals surface area contributed by atoms with Gasteiger partial charge in [-0.3, -0.25) is 4.79 Å². The van der Waals surface area contributed by atoms with Crippen molar-refractivity contribution in [1.82, 2.24) is 9.62 Å². The van der Waals surface area contributed by atoms with Gasteiger partial charge >= 0.3 is 0 Å². The molecule has 144 valence electrons. The van der Waals surface area contributed by atoms with Gasteiger partial charge in [-0.1, -0.05) is 36.4 Å². The summed E-state index contributed by atoms with van der Waals surface area (Å²) in [7, 11) is -3.75. The zero-order chi connectivity index (χ0) is 19.4. The molecule has 3 rings (SSSR count). The molecule has 2 aromatic carbocycles. The van der Waals surface area contributed by atoms with Crippen molar-refractivity contribution in [3.63, 3.8) is 0 Å². The number of carbonyl (C=O) groups is 1. The maximum absolute atomic E-state index is 12.8. The molecule has 0 radical (unpaired) electrons. The highest BCUT2D eigenvalue weighted by Crippen LogP contribution is 2.19. The van der Waals surface area contributed by atoms with E-state index in [0.717, 1.165) is 5.56 Å². The predicted octanol–water partition coefficient (Wildman–Crippen LogP) is 2.59. The van der Waals surface area contributed by atoms with E-state index in [1.165, 1.54) is 12.1 Å². The van der Waals surface area contributed by atoms with Gasteiger partial charge in [0.25, 0.3) is 5.91 Å². The van der Waals surface area contributed by atoms with Gasteiger partial charge in [0.2, 0.25) is 10.0 Å². The van der Waals surface area contributed by atoms with Crippen LogP contribution in [0.3, 0.4) is 0 Å². The molecule has 1 aliphatic heterocycles. The van der Waals surface area contributed by atoms with E-state index in [0.29, 0.717) is 25.3 Å². The molecular weight excluding hydrogens is 364 g/mol. The number of benzene rings is 2. The third-order valence-corrected chi connectivity index (χ3v) is 6.19. The third-order valence-electron chi connectivity index (χ3n) is 4.65. The first-order chi connectivity index (χ1) is 12.9. The van der Waals surface area contributed by atoms with Gasteiger partial charge in [0, 0.05) is 18.2 Å². The summed E-state index contributed by atoms with van der Waals surface area (Å²) in [5.41, 5.74) is 1.23. The fourth-order valence-electron chi connectivity index (χ4n) is 3.10. The first-order valence-electron chi connectivity index (χ1n) is 8.94. The Hall–Kier alpha value is -2.22. The minimum atomic E-state index is -3.75. The van der Waals surface area contributed by atoms with Crippen LogP contribution in [0.4, 0.5) is 0 Å². The van der Waals surface area contributed by atoms with Gasteiger partial charge in [0.1, 0.15) is 0 Å². The lowest BCUT2D eigenvalue weighted by molar-refractivity contribution is 0.00358. The highest BCUT2D eigenvalue weighted by molar-refractivity contribution is 7.89. The summed E-state index contributed by atoms with van der Waals surface area (Å²) in [6.07, 6.45) is 0. The standard InChI is InChI=1S/C20H24N2O4S/c1-15-14-26-12-11-22(15)20(23)18-9-6-10-19(13-18)27(24,25)21-16(2)17-7-4-3-5-8-17/h3-10,13,15-16,21H,11-12,14H2,1-2H3. The van der Waals surface area contributed by atoms with Crippen LogP contribution in [-0.4, -0.2) is 45.0 Å². The lowest BCUT2D eigenvalue weighted by atomic mass is 10.1. The van der Waals surface area contributed by atoms with Crippen LogP contribution >= 0.6 is 0 Å². The van der Waals surface area contributed by atoms with Crippen molar-refractivity contribution in [2.75, 3.05) is 19.8 Å². The third kappa shape index (κ3) is 4.55. The highest BCUT2D eigenvalue weighted by Gasteiger charge is 2.26. The summed E-state index contributed by atoms with van der Waals surface area (Å²) in [4.78, 5) is 14.6. The lowest BCUT2D eigenvalue weighted by Gasteiger charge is -2.33. The van der Waals surface area contributed by atoms with Crippen LogP contribution in [0.5, 0.6) is 0 Å². The molecule has 1 fully saturated rings. The molecule has 0 spiro atoms. The lowest BCUT2D eigenvalue weighted by Crippen LogP contribution is -2.47. The van der Waals surface area contributed by atoms with E-state index < -0.39 is 10.0 Å². The molecule has 1 N–H and O–H groups in total. The van der Waals surface area contributed by atoms with E-state index in [4.69, 9.17) is 4.74 Å². The molecule has 1 heterocycles. The Balaban J connectivity index is 1.80. The van der Waals surface area contributed by atoms with Crippen molar-refractivity contribution in [2.45, 2.75) is 30.8 Å². The minimum absolute atomic E-state index is 0.0391. The van der Waals surface area contributed by atoms with E-state index in [1.54, 1.807) is 24.0 Å². The zero-order valence-corrected chi connectivity index (χ0v) is 16.3. The van der Waals surface area contributed by atoms with Crippen LogP contribution in [0.15, 0.2) is 59.5 Å². The second kappa shape index (κ2) is 8.21. The summed E-state index contributed by atoms with van der Waals surface area (Å²) in [6, 6.07) is 15.1. The largest absolute Gasteiger partial charge is 0.377 e. The van der Waals surface area contributed by atoms with Gasteiger partial charge in [-0.25, -0.2) is 13.1 Å². The number of rotatable bonds is 5. The molecule has 1 saturated heterocycles. The number of hydrogen-bond donors (Lipinski definition) is 1. The van der Waals surface area contributed by atoms with Crippen LogP contribution in [0.2, 0.25) is 0 Å². The summed E-state index contributed by atoms with van der Waals surface area (Å²) in [5, 5.41) is 0. The Morgan fingerprint density at radius 2 is 1.93 bits per heavy atom. The number of nitrogens with one attached hydrogen (secondary N) is 1. The van der Waals surface area contributed by atoms with E-state index in [2.05, 4.69) is 4.72 Å². The van der Waals surface area contributed by atoms with Gasteiger partial charge in [-0.15, -0.1) is 0 Å². The number of morpholine rings is 1. The average molecular weight is 388 g/mol. The van der Waals surface area contributed by atoms with Crippen LogP contribution in [0.1, 0.15) is 35.8 Å². The number of amides is 1. The molecule has 0 aromatic heterocycles. The quantitative estimate of drug-likeness (QED) is 0.854. The molecule has 2 aromatic rings. The minimum Gasteiger partial charge on any atom is -0.377 e. The molecule has 2 atom stereocenters. The summed E-state index contributed by atoms with van der Waals surface area (Å²) in [5.74, 6) is -0.182. The Morgan fingerprint density at radius 3 is 2.63 bits per heavy atom. The molecule has 1 amide bonds. The monoisotopic (exact) mass is 388 g/mol. The van der Waals surface area contributed by atoms with Crippen LogP contribution in [0.25, 0.3) is 0 Å². The Bertz CT molecular complexity index is 899. The topological polar surface area (TPSA) is 75.7 Å². The van der Waals surface area contributed by atoms with E-state index >= 15 is 0 Å². The molecule has 0 bridgehead atoms. The first-order valence-corrected chi connectivity index (χ1v) is 10.4. The molecule has 7 heteroatoms. The van der Waals surface area contributed by atoms with Crippen molar-refractivity contribution in [3.05, 3.63) is 65.7 Å². The van der Waals surface area contributed by atoms with E-state index in [1.807, 2.05) is 37.3 Å². The summed E-state index contributed by atoms with van der Waals surface area (Å²) in [6.45, 7) is 5.18. The second-order valence-electron chi connectivity index (χ2n) is 6.70. The normalized spacial score (nSPS) is 18.9. The number of carbonyl (C=O) groups excluding carboxylic acids is 1. The number of ether oxygens (including phenoxy) is 1. The van der Waals surface area contributed by atoms with Gasteiger partial charge in [-0.05, 0) is 37.6 Å². The van der Waals surface area contributed by atoms with Gasteiger partial charge in [0.05, 0.1) is 24.2 Å². The molecule has 0 aliphatic carbocycles. The fraction of sp³-hybridized carbons (Fsp3) is 0.350. The van der Waals surface area contributed by atoms with E-state index in [9.17, 15) is 13.2 Å².